The molecule has 5 N–H and O–H groups in total. The number of aromatic hydroxyl groups is 2. The molecule has 7 rings (SSSR count). The molecule has 10 nitrogen and oxygen atoms in total. The number of fused-ring (bicyclic) bond motifs is 7. The van der Waals surface area contributed by atoms with E-state index in [4.69, 9.17) is 21.7 Å². The average molecular weight is 628 g/mol. The molecule has 2 atom stereocenters. The molecule has 0 saturated heterocycles. The lowest BCUT2D eigenvalue weighted by molar-refractivity contribution is 0.0224. The van der Waals surface area contributed by atoms with Gasteiger partial charge in [0.2, 0.25) is 0 Å². The highest BCUT2D eigenvalue weighted by atomic mass is 32.1. The lowest BCUT2D eigenvalue weighted by atomic mass is 9.77. The Morgan fingerprint density at radius 3 is 2.16 bits per heavy atom. The topological polar surface area (TPSA) is 138 Å². The summed E-state index contributed by atoms with van der Waals surface area (Å²) in [5.74, 6) is 8.59. The van der Waals surface area contributed by atoms with Crippen LogP contribution in [-0.4, -0.2) is 47.6 Å². The number of ether oxygens (including phenoxy) is 3. The number of nitrogens with one attached hydrogen (secondary N) is 3. The van der Waals surface area contributed by atoms with Crippen LogP contribution in [0.25, 0.3) is 0 Å². The maximum atomic E-state index is 13.1. The highest BCUT2D eigenvalue weighted by Gasteiger charge is 2.53. The minimum Gasteiger partial charge on any atom is -0.508 e. The predicted octanol–water partition coefficient (Wildman–Crippen LogP) is 5.51. The monoisotopic (exact) mass is 627 g/mol. The number of amides is 1. The van der Waals surface area contributed by atoms with Gasteiger partial charge in [0, 0.05) is 60.4 Å². The van der Waals surface area contributed by atoms with E-state index < -0.39 is 17.7 Å². The molecule has 11 heteroatoms. The summed E-state index contributed by atoms with van der Waals surface area (Å²) in [6, 6.07) is 14.3. The van der Waals surface area contributed by atoms with E-state index >= 15 is 0 Å². The van der Waals surface area contributed by atoms with E-state index in [0.717, 1.165) is 11.8 Å². The van der Waals surface area contributed by atoms with Gasteiger partial charge in [-0.05, 0) is 79.7 Å². The Hall–Kier alpha value is -4.95. The van der Waals surface area contributed by atoms with Crippen molar-refractivity contribution < 1.29 is 34.0 Å². The molecule has 0 radical (unpaired) electrons. The minimum atomic E-state index is -1.33. The highest BCUT2D eigenvalue weighted by molar-refractivity contribution is 7.80. The summed E-state index contributed by atoms with van der Waals surface area (Å²) >= 11 is 5.30. The number of carbonyl (C=O) groups excluding carboxylic acids is 2. The molecule has 1 amide bonds. The van der Waals surface area contributed by atoms with Crippen LogP contribution in [0.2, 0.25) is 0 Å². The molecule has 3 aromatic rings. The van der Waals surface area contributed by atoms with E-state index in [1.807, 2.05) is 0 Å². The fourth-order valence-electron chi connectivity index (χ4n) is 6.08. The maximum absolute atomic E-state index is 13.1. The third-order valence-corrected chi connectivity index (χ3v) is 8.62. The second kappa shape index (κ2) is 12.6. The van der Waals surface area contributed by atoms with E-state index in [-0.39, 0.29) is 11.5 Å². The lowest BCUT2D eigenvalue weighted by Gasteiger charge is -2.36. The zero-order valence-electron chi connectivity index (χ0n) is 24.6. The largest absolute Gasteiger partial charge is 0.508 e. The van der Waals surface area contributed by atoms with Crippen LogP contribution in [0.1, 0.15) is 59.2 Å². The van der Waals surface area contributed by atoms with Crippen LogP contribution < -0.4 is 20.7 Å². The van der Waals surface area contributed by atoms with E-state index in [1.165, 1.54) is 63.5 Å². The summed E-state index contributed by atoms with van der Waals surface area (Å²) in [4.78, 5) is 24.3. The van der Waals surface area contributed by atoms with Crippen LogP contribution in [0.3, 0.4) is 0 Å². The first-order valence-electron chi connectivity index (χ1n) is 14.8. The quantitative estimate of drug-likeness (QED) is 0.109. The van der Waals surface area contributed by atoms with Gasteiger partial charge in [0.25, 0.3) is 0 Å². The van der Waals surface area contributed by atoms with Crippen LogP contribution in [0.15, 0.2) is 54.6 Å². The van der Waals surface area contributed by atoms with Crippen LogP contribution in [0.5, 0.6) is 23.0 Å². The number of benzene rings is 3. The summed E-state index contributed by atoms with van der Waals surface area (Å²) in [5.41, 5.74) is 1.23. The number of methoxy groups -OCH3 is 1. The number of thiocarbonyl (C=S) groups is 1. The first-order chi connectivity index (χ1) is 21.8. The number of carbonyl (C=O) groups is 2. The van der Waals surface area contributed by atoms with Gasteiger partial charge >= 0.3 is 12.1 Å². The van der Waals surface area contributed by atoms with Gasteiger partial charge in [-0.15, -0.1) is 11.8 Å². The van der Waals surface area contributed by atoms with Crippen molar-refractivity contribution in [3.63, 3.8) is 0 Å². The van der Waals surface area contributed by atoms with Crippen LogP contribution in [0.4, 0.5) is 10.5 Å². The predicted molar refractivity (Wildman–Crippen MR) is 170 cm³/mol. The Balaban J connectivity index is 0.000000337. The van der Waals surface area contributed by atoms with Crippen LogP contribution in [-0.2, 0) is 15.1 Å². The SMILES string of the molecule is C1#CCCC2CC2CC1.COC(=O)NCCNC(=S)Nc1ccc2c(c1)C(=O)OC21c2ccc(O)cc2Oc2cc(O)ccc21. The molecule has 1 spiro atoms. The number of hydrogen-bond donors (Lipinski definition) is 5. The van der Waals surface area contributed by atoms with Gasteiger partial charge in [-0.2, -0.15) is 0 Å². The van der Waals surface area contributed by atoms with E-state index in [0.29, 0.717) is 57.6 Å². The van der Waals surface area contributed by atoms with Crippen LogP contribution >= 0.6 is 12.2 Å². The lowest BCUT2D eigenvalue weighted by Crippen LogP contribution is -2.36. The number of anilines is 1. The van der Waals surface area contributed by atoms with Gasteiger partial charge < -0.3 is 40.4 Å². The summed E-state index contributed by atoms with van der Waals surface area (Å²) in [6.07, 6.45) is 6.07. The minimum absolute atomic E-state index is 0.0144. The van der Waals surface area contributed by atoms with Crippen molar-refractivity contribution >= 4 is 35.1 Å². The Kier molecular flexibility index (Phi) is 8.41. The first kappa shape index (κ1) is 30.1. The Bertz CT molecular complexity index is 1660. The molecule has 2 aliphatic heterocycles. The Morgan fingerprint density at radius 1 is 0.933 bits per heavy atom. The van der Waals surface area contributed by atoms with Crippen molar-refractivity contribution in [3.8, 4) is 34.8 Å². The number of hydrogen-bond acceptors (Lipinski definition) is 8. The van der Waals surface area contributed by atoms with Crippen LogP contribution in [0, 0.1) is 23.7 Å². The molecule has 2 heterocycles. The van der Waals surface area contributed by atoms with Gasteiger partial charge in [-0.3, -0.25) is 0 Å². The fourth-order valence-corrected chi connectivity index (χ4v) is 6.30. The van der Waals surface area contributed by atoms with Crippen molar-refractivity contribution in [3.05, 3.63) is 76.9 Å². The van der Waals surface area contributed by atoms with E-state index in [1.54, 1.807) is 30.3 Å². The normalized spacial score (nSPS) is 19.0. The van der Waals surface area contributed by atoms with E-state index in [9.17, 15) is 19.8 Å². The van der Waals surface area contributed by atoms with Gasteiger partial charge in [0.1, 0.15) is 23.0 Å². The molecular formula is C34H33N3O7S. The molecule has 232 valence electrons. The van der Waals surface area contributed by atoms with Crippen molar-refractivity contribution in [1.29, 1.82) is 0 Å². The molecule has 1 fully saturated rings. The van der Waals surface area contributed by atoms with Gasteiger partial charge in [-0.25, -0.2) is 9.59 Å². The second-order valence-corrected chi connectivity index (χ2v) is 11.7. The smallest absolute Gasteiger partial charge is 0.406 e. The summed E-state index contributed by atoms with van der Waals surface area (Å²) < 4.78 is 16.5. The number of rotatable bonds is 4. The van der Waals surface area contributed by atoms with Crippen molar-refractivity contribution in [2.45, 2.75) is 37.7 Å². The molecule has 4 aliphatic rings. The Labute approximate surface area is 266 Å². The third-order valence-electron chi connectivity index (χ3n) is 8.37. The van der Waals surface area contributed by atoms with Gasteiger partial charge in [-0.1, -0.05) is 6.07 Å². The first-order valence-corrected chi connectivity index (χ1v) is 15.2. The second-order valence-electron chi connectivity index (χ2n) is 11.3. The number of phenols is 2. The fraction of sp³-hybridized carbons (Fsp3) is 0.324. The molecular weight excluding hydrogens is 594 g/mol. The number of esters is 1. The molecule has 0 aromatic heterocycles. The molecule has 1 saturated carbocycles. The molecule has 3 aromatic carbocycles. The molecule has 45 heavy (non-hydrogen) atoms. The zero-order chi connectivity index (χ0) is 31.6. The number of alkyl carbamates (subject to hydrolysis) is 1. The Morgan fingerprint density at radius 2 is 1.53 bits per heavy atom. The maximum Gasteiger partial charge on any atom is 0.406 e. The van der Waals surface area contributed by atoms with Crippen molar-refractivity contribution in [2.24, 2.45) is 11.8 Å². The number of phenolic OH excluding ortho intramolecular Hbond substituents is 2. The van der Waals surface area contributed by atoms with Gasteiger partial charge in [0.15, 0.2) is 10.7 Å². The zero-order valence-corrected chi connectivity index (χ0v) is 25.5. The van der Waals surface area contributed by atoms with Gasteiger partial charge in [0.05, 0.1) is 12.7 Å². The van der Waals surface area contributed by atoms with E-state index in [2.05, 4.69) is 32.5 Å². The molecule has 2 unspecified atom stereocenters. The molecule has 0 bridgehead atoms. The highest BCUT2D eigenvalue weighted by Crippen LogP contribution is 2.57. The average Bonchev–Trinajstić information content (AvgIpc) is 3.67. The summed E-state index contributed by atoms with van der Waals surface area (Å²) in [7, 11) is 1.28. The standard InChI is InChI=1S/C25H21N3O7S.C9H12/c1-33-24(32)27-9-8-26-23(36)28-13-2-5-17-16(10-13)22(31)35-25(17)18-6-3-14(29)11-20(18)34-21-12-15(30)4-7-19(21)25;1-2-4-6-9-7-8(9)5-3-1/h2-7,10-12,29-30H,8-9H2,1H3,(H,27,32)(H2,26,28,36);8-9H,3-7H2. The third kappa shape index (κ3) is 6.19. The molecule has 2 aliphatic carbocycles. The summed E-state index contributed by atoms with van der Waals surface area (Å²) in [5, 5.41) is 28.8. The van der Waals surface area contributed by atoms with Crippen molar-refractivity contribution in [2.75, 3.05) is 25.5 Å². The summed E-state index contributed by atoms with van der Waals surface area (Å²) in [6.45, 7) is 0.670. The van der Waals surface area contributed by atoms with Crippen molar-refractivity contribution in [1.82, 2.24) is 10.6 Å².